The van der Waals surface area contributed by atoms with E-state index in [1.807, 2.05) is 0 Å². The van der Waals surface area contributed by atoms with Crippen LogP contribution in [-0.4, -0.2) is 0 Å². The summed E-state index contributed by atoms with van der Waals surface area (Å²) in [6.07, 6.45) is 0. The van der Waals surface area contributed by atoms with Crippen LogP contribution in [0.15, 0.2) is 4.70 Å². The van der Waals surface area contributed by atoms with Crippen molar-refractivity contribution in [3.63, 3.8) is 0 Å². The Kier molecular flexibility index (Phi) is 21.4. The largest absolute Gasteiger partial charge is 2.00 e. The van der Waals surface area contributed by atoms with E-state index in [0.717, 1.165) is 0 Å². The molecule has 0 aliphatic rings. The van der Waals surface area contributed by atoms with Gasteiger partial charge in [-0.25, -0.2) is 0 Å². The fourth-order valence-corrected chi connectivity index (χ4v) is 0. The van der Waals surface area contributed by atoms with Crippen LogP contribution in [0.1, 0.15) is 0 Å². The number of nitroso groups, excluding NO2 is 1. The summed E-state index contributed by atoms with van der Waals surface area (Å²) >= 11 is 4.07. The topological polar surface area (TPSA) is 29.4 Å². The molecule has 0 aliphatic carbocycles. The molecule has 0 unspecified atom stereocenters. The van der Waals surface area contributed by atoms with E-state index in [4.69, 9.17) is 4.91 Å². The molecule has 25 valence electrons. The van der Waals surface area contributed by atoms with E-state index >= 15 is 0 Å². The third kappa shape index (κ3) is 21.8. The van der Waals surface area contributed by atoms with Gasteiger partial charge in [0.15, 0.2) is 0 Å². The van der Waals surface area contributed by atoms with Crippen LogP contribution in [0.4, 0.5) is 0 Å². The second kappa shape index (κ2) is 9.69. The first kappa shape index (κ1) is 8.82. The molecule has 0 bridgehead atoms. The minimum absolute atomic E-state index is 0. The quantitative estimate of drug-likeness (QED) is 0.390. The Morgan fingerprint density at radius 3 is 1.75 bits per heavy atom. The van der Waals surface area contributed by atoms with Crippen molar-refractivity contribution in [1.29, 1.82) is 0 Å². The Labute approximate surface area is 41.4 Å². The normalized spacial score (nSPS) is 3.25. The number of hydrogen-bond acceptors (Lipinski definition) is 2. The zero-order chi connectivity index (χ0) is 2.71. The average molecular weight is 168 g/mol. The molecule has 0 rings (SSSR count). The van der Waals surface area contributed by atoms with Gasteiger partial charge in [0.2, 0.25) is 0 Å². The molecule has 0 saturated carbocycles. The molecule has 0 aromatic heterocycles. The molecule has 1 radical (unpaired) electrons. The van der Waals surface area contributed by atoms with E-state index < -0.39 is 0 Å². The van der Waals surface area contributed by atoms with Crippen LogP contribution >= 0.6 is 11.8 Å². The van der Waals surface area contributed by atoms with Gasteiger partial charge < -0.3 is 0 Å². The van der Waals surface area contributed by atoms with Crippen molar-refractivity contribution >= 4 is 11.8 Å². The molecule has 0 aromatic carbocycles. The van der Waals surface area contributed by atoms with E-state index in [1.165, 1.54) is 0 Å². The summed E-state index contributed by atoms with van der Waals surface area (Å²) in [6, 6.07) is 0. The minimum Gasteiger partial charge on any atom is -0.131 e. The van der Waals surface area contributed by atoms with E-state index in [2.05, 4.69) is 11.8 Å². The Morgan fingerprint density at radius 1 is 1.75 bits per heavy atom. The van der Waals surface area contributed by atoms with Crippen LogP contribution < -0.4 is 0 Å². The predicted octanol–water partition coefficient (Wildman–Crippen LogP) is 0.904. The Hall–Kier alpha value is 0.513. The molecule has 2 nitrogen and oxygen atoms in total. The van der Waals surface area contributed by atoms with Crippen LogP contribution in [0, 0.1) is 4.91 Å². The van der Waals surface area contributed by atoms with Crippen LogP contribution in [0.5, 0.6) is 0 Å². The van der Waals surface area contributed by atoms with Gasteiger partial charge in [-0.2, -0.15) is 0 Å². The van der Waals surface area contributed by atoms with Gasteiger partial charge >= 0.3 is 19.5 Å². The van der Waals surface area contributed by atoms with Crippen LogP contribution in [-0.2, 0) is 19.5 Å². The molecule has 4 heteroatoms. The number of rotatable bonds is 0. The Bertz CT molecular complexity index is 15.5. The third-order valence-corrected chi connectivity index (χ3v) is 0. The van der Waals surface area contributed by atoms with Gasteiger partial charge in [-0.3, -0.25) is 0 Å². The van der Waals surface area contributed by atoms with Gasteiger partial charge in [0.1, 0.15) is 0 Å². The van der Waals surface area contributed by atoms with Crippen molar-refractivity contribution in [2.45, 2.75) is 0 Å². The third-order valence-electron chi connectivity index (χ3n) is 0. The van der Waals surface area contributed by atoms with Crippen molar-refractivity contribution < 1.29 is 19.5 Å². The fourth-order valence-electron chi connectivity index (χ4n) is 0. The fraction of sp³-hybridized carbons (Fsp3) is 0. The molecule has 0 heterocycles. The molecule has 0 fully saturated rings. The summed E-state index contributed by atoms with van der Waals surface area (Å²) in [5.74, 6) is 0. The first-order chi connectivity index (χ1) is 1.41. The average Bonchev–Trinajstić information content (AvgIpc) is 0.918. The molecule has 0 aliphatic heterocycles. The van der Waals surface area contributed by atoms with E-state index in [-0.39, 0.29) is 19.5 Å². The number of nitrogens with zero attached hydrogens (tertiary/aromatic N) is 1. The summed E-state index contributed by atoms with van der Waals surface area (Å²) in [7, 11) is 0. The predicted molar refractivity (Wildman–Crippen MR) is 11.6 cm³/mol. The first-order valence-corrected chi connectivity index (χ1v) is 0.690. The minimum atomic E-state index is 0. The zero-order valence-electron chi connectivity index (χ0n) is 1.57. The van der Waals surface area contributed by atoms with Gasteiger partial charge in [-0.1, -0.05) is 0 Å². The molecule has 0 spiro atoms. The maximum absolute atomic E-state index is 8.32. The van der Waals surface area contributed by atoms with E-state index in [0.29, 0.717) is 0 Å². The molecule has 0 aromatic rings. The zero-order valence-corrected chi connectivity index (χ0v) is 3.96. The van der Waals surface area contributed by atoms with Crippen LogP contribution in [0.3, 0.4) is 0 Å². The number of halogens is 1. The van der Waals surface area contributed by atoms with Crippen LogP contribution in [0.2, 0.25) is 0 Å². The van der Waals surface area contributed by atoms with Crippen molar-refractivity contribution in [2.75, 3.05) is 0 Å². The molecular formula is ClNORh+2. The molecule has 4 heavy (non-hydrogen) atoms. The van der Waals surface area contributed by atoms with Gasteiger partial charge in [-0.05, 0) is 0 Å². The van der Waals surface area contributed by atoms with E-state index in [9.17, 15) is 0 Å². The SMILES string of the molecule is O=NCl.[Rh+2]. The Morgan fingerprint density at radius 2 is 1.75 bits per heavy atom. The molecule has 0 amide bonds. The maximum atomic E-state index is 8.32. The second-order valence-corrected chi connectivity index (χ2v) is 0.207. The van der Waals surface area contributed by atoms with Crippen molar-refractivity contribution in [1.82, 2.24) is 0 Å². The summed E-state index contributed by atoms with van der Waals surface area (Å²) < 4.78 is 1.72. The summed E-state index contributed by atoms with van der Waals surface area (Å²) in [4.78, 5) is 8.32. The van der Waals surface area contributed by atoms with E-state index in [1.54, 1.807) is 4.70 Å². The standard InChI is InChI=1S/ClNO.Rh/c1-2-3;/q;+2. The molecule has 0 N–H and O–H groups in total. The van der Waals surface area contributed by atoms with Gasteiger partial charge in [0.25, 0.3) is 0 Å². The molecule has 0 atom stereocenters. The molecular weight excluding hydrogens is 168 g/mol. The smallest absolute Gasteiger partial charge is 0.131 e. The summed E-state index contributed by atoms with van der Waals surface area (Å²) in [5, 5.41) is 0. The van der Waals surface area contributed by atoms with Crippen LogP contribution in [0.25, 0.3) is 0 Å². The monoisotopic (exact) mass is 168 g/mol. The Balaban J connectivity index is 0. The van der Waals surface area contributed by atoms with Crippen molar-refractivity contribution in [3.8, 4) is 0 Å². The number of hydrogen-bond donors (Lipinski definition) is 0. The maximum Gasteiger partial charge on any atom is 2.00 e. The van der Waals surface area contributed by atoms with Gasteiger partial charge in [-0.15, -0.1) is 4.91 Å². The van der Waals surface area contributed by atoms with Gasteiger partial charge in [0.05, 0.1) is 11.8 Å². The second-order valence-electron chi connectivity index (χ2n) is 0.0690. The molecule has 0 saturated heterocycles. The summed E-state index contributed by atoms with van der Waals surface area (Å²) in [5.41, 5.74) is 0. The van der Waals surface area contributed by atoms with Crippen molar-refractivity contribution in [3.05, 3.63) is 4.91 Å². The summed E-state index contributed by atoms with van der Waals surface area (Å²) in [6.45, 7) is 0. The van der Waals surface area contributed by atoms with Crippen molar-refractivity contribution in [2.24, 2.45) is 4.70 Å². The van der Waals surface area contributed by atoms with Gasteiger partial charge in [0, 0.05) is 4.70 Å². The first-order valence-electron chi connectivity index (χ1n) is 0.352.